The highest BCUT2D eigenvalue weighted by Crippen LogP contribution is 2.33. The second-order valence-electron chi connectivity index (χ2n) is 4.57. The number of aromatic nitrogens is 1. The Morgan fingerprint density at radius 1 is 1.18 bits per heavy atom. The van der Waals surface area contributed by atoms with Crippen LogP contribution in [0.3, 0.4) is 0 Å². The number of nitrogens with zero attached hydrogens (tertiary/aromatic N) is 1. The number of hydrogen-bond donors (Lipinski definition) is 1. The third-order valence-corrected chi connectivity index (χ3v) is 4.03. The number of carboxylic acids is 1. The molecule has 0 fully saturated rings. The summed E-state index contributed by atoms with van der Waals surface area (Å²) >= 11 is 1.38. The Hall–Kier alpha value is -2.41. The molecule has 0 spiro atoms. The van der Waals surface area contributed by atoms with Gasteiger partial charge < -0.3 is 5.11 Å². The molecule has 22 heavy (non-hydrogen) atoms. The van der Waals surface area contributed by atoms with Crippen LogP contribution in [-0.4, -0.2) is 16.1 Å². The molecule has 1 aromatic carbocycles. The molecule has 0 radical (unpaired) electrons. The molecular formula is C15H8F3NO2S. The van der Waals surface area contributed by atoms with E-state index >= 15 is 0 Å². The molecule has 0 aliphatic carbocycles. The van der Waals surface area contributed by atoms with Crippen LogP contribution in [0.1, 0.15) is 15.9 Å². The maximum atomic E-state index is 12.8. The first kappa shape index (κ1) is 14.5. The first-order valence-corrected chi connectivity index (χ1v) is 7.03. The molecule has 2 heterocycles. The number of alkyl halides is 3. The maximum Gasteiger partial charge on any atom is 0.416 e. The van der Waals surface area contributed by atoms with Crippen LogP contribution in [0.4, 0.5) is 13.2 Å². The van der Waals surface area contributed by atoms with Crippen molar-refractivity contribution in [1.82, 2.24) is 4.98 Å². The average molecular weight is 323 g/mol. The van der Waals surface area contributed by atoms with Crippen LogP contribution in [0.5, 0.6) is 0 Å². The Labute approximate surface area is 126 Å². The summed E-state index contributed by atoms with van der Waals surface area (Å²) in [5, 5.41) is 11.1. The summed E-state index contributed by atoms with van der Waals surface area (Å²) in [5.41, 5.74) is -0.441. The van der Waals surface area contributed by atoms with Crippen molar-refractivity contribution in [2.24, 2.45) is 0 Å². The zero-order chi connectivity index (χ0) is 15.9. The number of pyridine rings is 1. The van der Waals surface area contributed by atoms with Crippen molar-refractivity contribution >= 4 is 28.2 Å². The van der Waals surface area contributed by atoms with Crippen molar-refractivity contribution in [3.05, 3.63) is 52.9 Å². The lowest BCUT2D eigenvalue weighted by molar-refractivity contribution is -0.137. The highest BCUT2D eigenvalue weighted by Gasteiger charge is 2.31. The summed E-state index contributed by atoms with van der Waals surface area (Å²) in [6.07, 6.45) is -4.53. The van der Waals surface area contributed by atoms with E-state index in [1.807, 2.05) is 5.38 Å². The number of rotatable bonds is 2. The fourth-order valence-corrected chi connectivity index (χ4v) is 2.82. The van der Waals surface area contributed by atoms with Gasteiger partial charge in [0.15, 0.2) is 0 Å². The van der Waals surface area contributed by atoms with Gasteiger partial charge in [-0.3, -0.25) is 0 Å². The Morgan fingerprint density at radius 3 is 2.55 bits per heavy atom. The predicted molar refractivity (Wildman–Crippen MR) is 77.0 cm³/mol. The topological polar surface area (TPSA) is 50.2 Å². The lowest BCUT2D eigenvalue weighted by Gasteiger charge is -2.10. The molecule has 3 rings (SSSR count). The van der Waals surface area contributed by atoms with Crippen LogP contribution in [-0.2, 0) is 6.18 Å². The number of thiophene rings is 1. The molecular weight excluding hydrogens is 315 g/mol. The molecule has 0 aliphatic rings. The van der Waals surface area contributed by atoms with Crippen molar-refractivity contribution in [2.45, 2.75) is 6.18 Å². The number of halogens is 3. The zero-order valence-corrected chi connectivity index (χ0v) is 11.7. The highest BCUT2D eigenvalue weighted by molar-refractivity contribution is 7.13. The van der Waals surface area contributed by atoms with E-state index in [1.54, 1.807) is 12.1 Å². The molecule has 0 saturated heterocycles. The SMILES string of the molecule is O=C(O)c1cc(-c2cccs2)nc2ccc(C(F)(F)F)cc12. The van der Waals surface area contributed by atoms with E-state index in [1.165, 1.54) is 23.5 Å². The van der Waals surface area contributed by atoms with Gasteiger partial charge in [0.1, 0.15) is 0 Å². The van der Waals surface area contributed by atoms with Crippen molar-refractivity contribution in [2.75, 3.05) is 0 Å². The fourth-order valence-electron chi connectivity index (χ4n) is 2.13. The minimum Gasteiger partial charge on any atom is -0.478 e. The van der Waals surface area contributed by atoms with Crippen LogP contribution in [0, 0.1) is 0 Å². The molecule has 0 atom stereocenters. The van der Waals surface area contributed by atoms with Gasteiger partial charge in [-0.25, -0.2) is 9.78 Å². The highest BCUT2D eigenvalue weighted by atomic mass is 32.1. The number of benzene rings is 1. The third-order valence-electron chi connectivity index (χ3n) is 3.14. The molecule has 0 amide bonds. The number of carboxylic acid groups (broad SMARTS) is 1. The Balaban J connectivity index is 2.29. The number of hydrogen-bond acceptors (Lipinski definition) is 3. The molecule has 7 heteroatoms. The van der Waals surface area contributed by atoms with E-state index in [2.05, 4.69) is 4.98 Å². The van der Waals surface area contributed by atoms with Gasteiger partial charge in [0.05, 0.1) is 27.2 Å². The van der Waals surface area contributed by atoms with Gasteiger partial charge in [-0.2, -0.15) is 13.2 Å². The van der Waals surface area contributed by atoms with Gasteiger partial charge in [-0.1, -0.05) is 6.07 Å². The van der Waals surface area contributed by atoms with Crippen molar-refractivity contribution in [1.29, 1.82) is 0 Å². The first-order chi connectivity index (χ1) is 10.4. The van der Waals surface area contributed by atoms with Crippen molar-refractivity contribution < 1.29 is 23.1 Å². The Morgan fingerprint density at radius 2 is 1.95 bits per heavy atom. The van der Waals surface area contributed by atoms with Gasteiger partial charge in [-0.15, -0.1) is 11.3 Å². The number of carbonyl (C=O) groups is 1. The normalized spacial score (nSPS) is 11.8. The molecule has 0 bridgehead atoms. The predicted octanol–water partition coefficient (Wildman–Crippen LogP) is 4.68. The number of aromatic carboxylic acids is 1. The van der Waals surface area contributed by atoms with Gasteiger partial charge in [-0.05, 0) is 35.7 Å². The lowest BCUT2D eigenvalue weighted by atomic mass is 10.0. The van der Waals surface area contributed by atoms with E-state index in [-0.39, 0.29) is 16.5 Å². The summed E-state index contributed by atoms with van der Waals surface area (Å²) in [4.78, 5) is 16.4. The summed E-state index contributed by atoms with van der Waals surface area (Å²) in [7, 11) is 0. The van der Waals surface area contributed by atoms with E-state index in [4.69, 9.17) is 0 Å². The first-order valence-electron chi connectivity index (χ1n) is 6.15. The second kappa shape index (κ2) is 5.10. The minimum atomic E-state index is -4.53. The molecule has 1 N–H and O–H groups in total. The van der Waals surface area contributed by atoms with Crippen LogP contribution in [0.2, 0.25) is 0 Å². The maximum absolute atomic E-state index is 12.8. The minimum absolute atomic E-state index is 0.0253. The van der Waals surface area contributed by atoms with Crippen molar-refractivity contribution in [3.8, 4) is 10.6 Å². The molecule has 0 unspecified atom stereocenters. The third kappa shape index (κ3) is 2.55. The summed E-state index contributed by atoms with van der Waals surface area (Å²) in [5.74, 6) is -1.29. The van der Waals surface area contributed by atoms with Gasteiger partial charge in [0, 0.05) is 5.39 Å². The van der Waals surface area contributed by atoms with Crippen LogP contribution < -0.4 is 0 Å². The van der Waals surface area contributed by atoms with Gasteiger partial charge in [0.25, 0.3) is 0 Å². The molecule has 0 saturated carbocycles. The number of fused-ring (bicyclic) bond motifs is 1. The quantitative estimate of drug-likeness (QED) is 0.745. The molecule has 112 valence electrons. The largest absolute Gasteiger partial charge is 0.478 e. The Kier molecular flexibility index (Phi) is 3.37. The summed E-state index contributed by atoms with van der Waals surface area (Å²) in [6.45, 7) is 0. The monoisotopic (exact) mass is 323 g/mol. The van der Waals surface area contributed by atoms with Gasteiger partial charge >= 0.3 is 12.1 Å². The second-order valence-corrected chi connectivity index (χ2v) is 5.51. The fraction of sp³-hybridized carbons (Fsp3) is 0.0667. The summed E-state index contributed by atoms with van der Waals surface area (Å²) < 4.78 is 38.4. The molecule has 3 aromatic rings. The van der Waals surface area contributed by atoms with E-state index in [9.17, 15) is 23.1 Å². The van der Waals surface area contributed by atoms with Gasteiger partial charge in [0.2, 0.25) is 0 Å². The average Bonchev–Trinajstić information content (AvgIpc) is 2.98. The molecule has 2 aromatic heterocycles. The molecule has 3 nitrogen and oxygen atoms in total. The Bertz CT molecular complexity index is 857. The molecule has 0 aliphatic heterocycles. The van der Waals surface area contributed by atoms with Crippen LogP contribution >= 0.6 is 11.3 Å². The lowest BCUT2D eigenvalue weighted by Crippen LogP contribution is -2.06. The van der Waals surface area contributed by atoms with E-state index < -0.39 is 17.7 Å². The van der Waals surface area contributed by atoms with Crippen LogP contribution in [0.15, 0.2) is 41.8 Å². The van der Waals surface area contributed by atoms with E-state index in [0.717, 1.165) is 17.0 Å². The van der Waals surface area contributed by atoms with Crippen molar-refractivity contribution in [3.63, 3.8) is 0 Å². The summed E-state index contributed by atoms with van der Waals surface area (Å²) in [6, 6.07) is 7.79. The van der Waals surface area contributed by atoms with E-state index in [0.29, 0.717) is 5.69 Å². The smallest absolute Gasteiger partial charge is 0.416 e. The standard InChI is InChI=1S/C15H8F3NO2S/c16-15(17,18)8-3-4-11-9(6-8)10(14(20)21)7-12(19-11)13-2-1-5-22-13/h1-7H,(H,20,21). The van der Waals surface area contributed by atoms with Crippen LogP contribution in [0.25, 0.3) is 21.5 Å². The zero-order valence-electron chi connectivity index (χ0n) is 10.9.